The Morgan fingerprint density at radius 3 is 2.93 bits per heavy atom. The number of rotatable bonds is 2. The molecule has 8 nitrogen and oxygen atoms in total. The topological polar surface area (TPSA) is 97.4 Å². The number of hydrogen-bond donors (Lipinski definition) is 1. The number of piperazine rings is 1. The van der Waals surface area contributed by atoms with E-state index >= 15 is 0 Å². The molecule has 0 unspecified atom stereocenters. The van der Waals surface area contributed by atoms with E-state index in [-0.39, 0.29) is 0 Å². The highest BCUT2D eigenvalue weighted by atomic mass is 32.1. The van der Waals surface area contributed by atoms with Gasteiger partial charge in [-0.15, -0.1) is 11.3 Å². The molecule has 1 N–H and O–H groups in total. The number of anilines is 1. The Morgan fingerprint density at radius 1 is 1.30 bits per heavy atom. The first-order valence-electron chi connectivity index (χ1n) is 8.94. The lowest BCUT2D eigenvalue weighted by molar-refractivity contribution is -0.265. The lowest BCUT2D eigenvalue weighted by atomic mass is 10.2. The molecule has 0 bridgehead atoms. The van der Waals surface area contributed by atoms with E-state index in [0.717, 1.165) is 46.1 Å². The second-order valence-corrected chi connectivity index (χ2v) is 7.79. The predicted molar refractivity (Wildman–Crippen MR) is 99.7 cm³/mol. The number of carboxylic acid groups (broad SMARTS) is 1. The van der Waals surface area contributed by atoms with Gasteiger partial charge >= 0.3 is 0 Å². The van der Waals surface area contributed by atoms with E-state index in [0.29, 0.717) is 32.8 Å². The summed E-state index contributed by atoms with van der Waals surface area (Å²) in [5.41, 5.74) is 3.96. The molecule has 1 amide bonds. The van der Waals surface area contributed by atoms with Crippen molar-refractivity contribution in [2.24, 2.45) is 0 Å². The van der Waals surface area contributed by atoms with Crippen molar-refractivity contribution >= 4 is 34.2 Å². The maximum Gasteiger partial charge on any atom is 0.140 e. The zero-order valence-electron chi connectivity index (χ0n) is 14.6. The molecule has 27 heavy (non-hydrogen) atoms. The van der Waals surface area contributed by atoms with Gasteiger partial charge in [-0.1, -0.05) is 0 Å². The van der Waals surface area contributed by atoms with Gasteiger partial charge in [0.1, 0.15) is 16.7 Å². The molecular weight excluding hydrogens is 366 g/mol. The number of aromatic nitrogens is 3. The summed E-state index contributed by atoms with van der Waals surface area (Å²) in [6.07, 6.45) is 1.54. The zero-order chi connectivity index (χ0) is 18.4. The Labute approximate surface area is 159 Å². The highest BCUT2D eigenvalue weighted by Crippen LogP contribution is 2.34. The average Bonchev–Trinajstić information content (AvgIpc) is 3.31. The first-order valence-corrected chi connectivity index (χ1v) is 9.76. The summed E-state index contributed by atoms with van der Waals surface area (Å²) in [5.74, 6) is 0. The monoisotopic (exact) mass is 384 g/mol. The van der Waals surface area contributed by atoms with Crippen LogP contribution in [0, 0.1) is 0 Å². The summed E-state index contributed by atoms with van der Waals surface area (Å²) in [4.78, 5) is 28.4. The molecule has 3 aromatic rings. The number of nitrogens with zero attached hydrogens (tertiary/aromatic N) is 4. The minimum absolute atomic E-state index is 0.447. The van der Waals surface area contributed by atoms with E-state index in [9.17, 15) is 9.90 Å². The van der Waals surface area contributed by atoms with E-state index in [2.05, 4.69) is 20.9 Å². The summed E-state index contributed by atoms with van der Waals surface area (Å²) in [6.45, 7) is 3.53. The largest absolute Gasteiger partial charge is 0.530 e. The molecule has 2 aliphatic rings. The van der Waals surface area contributed by atoms with Gasteiger partial charge in [0.15, 0.2) is 0 Å². The SMILES string of the molecule is O=C([O-])N1CCN(c2ccnc3[nH]c(-c4nc5c(s4)COCC5)cc23)CC1. The summed E-state index contributed by atoms with van der Waals surface area (Å²) in [6, 6.07) is 4.07. The minimum atomic E-state index is -1.10. The van der Waals surface area contributed by atoms with Crippen LogP contribution in [-0.4, -0.2) is 58.7 Å². The Kier molecular flexibility index (Phi) is 3.98. The van der Waals surface area contributed by atoms with E-state index in [1.165, 1.54) is 9.78 Å². The Balaban J connectivity index is 1.47. The van der Waals surface area contributed by atoms with Crippen LogP contribution < -0.4 is 10.0 Å². The molecule has 2 aliphatic heterocycles. The molecule has 0 spiro atoms. The van der Waals surface area contributed by atoms with Gasteiger partial charge in [0, 0.05) is 49.9 Å². The highest BCUT2D eigenvalue weighted by Gasteiger charge is 2.21. The third-order valence-corrected chi connectivity index (χ3v) is 6.22. The van der Waals surface area contributed by atoms with Crippen LogP contribution in [0.15, 0.2) is 18.3 Å². The standard InChI is InChI=1S/C18H19N5O3S/c24-18(25)23-6-4-22(5-7-23)14-1-3-19-16-11(14)9-13(20-16)17-21-12-2-8-26-10-15(12)27-17/h1,3,9H,2,4-8,10H2,(H,19,20)(H,24,25)/p-1. The van der Waals surface area contributed by atoms with Crippen LogP contribution in [0.4, 0.5) is 10.5 Å². The smallest absolute Gasteiger partial charge is 0.140 e. The summed E-state index contributed by atoms with van der Waals surface area (Å²) < 4.78 is 5.52. The number of carbonyl (C=O) groups is 1. The lowest BCUT2D eigenvalue weighted by Crippen LogP contribution is -2.52. The third kappa shape index (κ3) is 2.92. The average molecular weight is 384 g/mol. The number of H-pyrrole nitrogens is 1. The van der Waals surface area contributed by atoms with Crippen molar-refractivity contribution in [3.05, 3.63) is 28.9 Å². The van der Waals surface area contributed by atoms with Crippen LogP contribution >= 0.6 is 11.3 Å². The van der Waals surface area contributed by atoms with Crippen molar-refractivity contribution in [1.82, 2.24) is 19.9 Å². The fraction of sp³-hybridized carbons (Fsp3) is 0.389. The molecule has 140 valence electrons. The van der Waals surface area contributed by atoms with Crippen molar-refractivity contribution in [1.29, 1.82) is 0 Å². The van der Waals surface area contributed by atoms with Crippen LogP contribution in [0.3, 0.4) is 0 Å². The molecule has 0 saturated carbocycles. The van der Waals surface area contributed by atoms with Gasteiger partial charge in [0.2, 0.25) is 0 Å². The summed E-state index contributed by atoms with van der Waals surface area (Å²) in [5, 5.41) is 13.0. The van der Waals surface area contributed by atoms with E-state index in [1.807, 2.05) is 6.07 Å². The van der Waals surface area contributed by atoms with E-state index < -0.39 is 6.09 Å². The first kappa shape index (κ1) is 16.5. The van der Waals surface area contributed by atoms with Crippen LogP contribution in [0.5, 0.6) is 0 Å². The number of hydrogen-bond acceptors (Lipinski definition) is 7. The van der Waals surface area contributed by atoms with E-state index in [4.69, 9.17) is 9.72 Å². The summed E-state index contributed by atoms with van der Waals surface area (Å²) in [7, 11) is 0. The second kappa shape index (κ2) is 6.50. The van der Waals surface area contributed by atoms with E-state index in [1.54, 1.807) is 17.5 Å². The number of amides is 1. The quantitative estimate of drug-likeness (QED) is 0.714. The molecule has 5 rings (SSSR count). The number of fused-ring (bicyclic) bond motifs is 2. The van der Waals surface area contributed by atoms with Gasteiger partial charge in [-0.05, 0) is 12.1 Å². The number of pyridine rings is 1. The molecule has 0 atom stereocenters. The fourth-order valence-electron chi connectivity index (χ4n) is 3.67. The third-order valence-electron chi connectivity index (χ3n) is 5.11. The second-order valence-electron chi connectivity index (χ2n) is 6.71. The Hall–Kier alpha value is -2.65. The van der Waals surface area contributed by atoms with Gasteiger partial charge in [-0.2, -0.15) is 0 Å². The number of nitrogens with one attached hydrogen (secondary N) is 1. The van der Waals surface area contributed by atoms with Crippen molar-refractivity contribution < 1.29 is 14.6 Å². The van der Waals surface area contributed by atoms with Crippen molar-refractivity contribution in [3.8, 4) is 10.7 Å². The van der Waals surface area contributed by atoms with Crippen LogP contribution in [-0.2, 0) is 17.8 Å². The number of thiazole rings is 1. The maximum absolute atomic E-state index is 11.0. The first-order chi connectivity index (χ1) is 13.2. The number of aromatic amines is 1. The van der Waals surface area contributed by atoms with Crippen LogP contribution in [0.2, 0.25) is 0 Å². The molecule has 9 heteroatoms. The molecule has 0 aliphatic carbocycles. The Morgan fingerprint density at radius 2 is 2.15 bits per heavy atom. The van der Waals surface area contributed by atoms with Crippen molar-refractivity contribution in [2.45, 2.75) is 13.0 Å². The molecule has 0 aromatic carbocycles. The lowest BCUT2D eigenvalue weighted by Gasteiger charge is -2.37. The maximum atomic E-state index is 11.0. The van der Waals surface area contributed by atoms with Crippen molar-refractivity contribution in [2.75, 3.05) is 37.7 Å². The molecule has 1 fully saturated rings. The van der Waals surface area contributed by atoms with Gasteiger partial charge in [-0.25, -0.2) is 9.97 Å². The Bertz CT molecular complexity index is 982. The van der Waals surface area contributed by atoms with Gasteiger partial charge < -0.3 is 29.4 Å². The number of ether oxygens (including phenoxy) is 1. The van der Waals surface area contributed by atoms with Gasteiger partial charge in [0.25, 0.3) is 0 Å². The molecule has 3 aromatic heterocycles. The highest BCUT2D eigenvalue weighted by molar-refractivity contribution is 7.15. The number of carbonyl (C=O) groups excluding carboxylic acids is 1. The van der Waals surface area contributed by atoms with Gasteiger partial charge in [-0.3, -0.25) is 0 Å². The minimum Gasteiger partial charge on any atom is -0.530 e. The molecule has 1 saturated heterocycles. The fourth-order valence-corrected chi connectivity index (χ4v) is 4.69. The molecule has 0 radical (unpaired) electrons. The van der Waals surface area contributed by atoms with Crippen LogP contribution in [0.25, 0.3) is 21.7 Å². The van der Waals surface area contributed by atoms with Gasteiger partial charge in [0.05, 0.1) is 29.5 Å². The summed E-state index contributed by atoms with van der Waals surface area (Å²) >= 11 is 1.66. The van der Waals surface area contributed by atoms with Crippen molar-refractivity contribution in [3.63, 3.8) is 0 Å². The molecular formula is C18H18N5O3S-. The predicted octanol–water partition coefficient (Wildman–Crippen LogP) is 1.22. The zero-order valence-corrected chi connectivity index (χ0v) is 15.4. The normalized spacial score (nSPS) is 17.3. The molecule has 5 heterocycles. The van der Waals surface area contributed by atoms with Crippen LogP contribution in [0.1, 0.15) is 10.6 Å².